The monoisotopic (exact) mass is 459 g/mol. The van der Waals surface area contributed by atoms with Crippen LogP contribution in [0.15, 0.2) is 59.0 Å². The third-order valence-corrected chi connectivity index (χ3v) is 6.37. The zero-order chi connectivity index (χ0) is 23.7. The molecule has 1 fully saturated rings. The first-order valence-electron chi connectivity index (χ1n) is 11.4. The number of amides is 1. The second-order valence-corrected chi connectivity index (χ2v) is 8.59. The Balaban J connectivity index is 1.21. The highest BCUT2D eigenvalue weighted by molar-refractivity contribution is 5.99. The molecule has 174 valence electrons. The molecule has 1 amide bonds. The van der Waals surface area contributed by atoms with Crippen molar-refractivity contribution in [3.05, 3.63) is 71.5 Å². The van der Waals surface area contributed by atoms with Crippen LogP contribution in [-0.4, -0.2) is 48.7 Å². The molecular weight excluding hydrogens is 434 g/mol. The van der Waals surface area contributed by atoms with Gasteiger partial charge in [-0.3, -0.25) is 14.4 Å². The molecule has 1 saturated heterocycles. The normalized spacial score (nSPS) is 15.7. The van der Waals surface area contributed by atoms with E-state index < -0.39 is 0 Å². The van der Waals surface area contributed by atoms with E-state index >= 15 is 0 Å². The van der Waals surface area contributed by atoms with Crippen LogP contribution in [0.25, 0.3) is 11.3 Å². The number of rotatable bonds is 5. The second kappa shape index (κ2) is 9.17. The highest BCUT2D eigenvalue weighted by Crippen LogP contribution is 2.33. The molecule has 3 heterocycles. The van der Waals surface area contributed by atoms with Gasteiger partial charge in [-0.2, -0.15) is 0 Å². The molecule has 7 nitrogen and oxygen atoms in total. The number of likely N-dealkylation sites (tertiary alicyclic amines) is 1. The van der Waals surface area contributed by atoms with Gasteiger partial charge in [-0.25, -0.2) is 0 Å². The van der Waals surface area contributed by atoms with Crippen molar-refractivity contribution in [3.63, 3.8) is 0 Å². The molecule has 2 aromatic carbocycles. The van der Waals surface area contributed by atoms with E-state index in [1.165, 1.54) is 6.92 Å². The number of benzene rings is 2. The van der Waals surface area contributed by atoms with Crippen molar-refractivity contribution in [2.24, 2.45) is 5.92 Å². The molecule has 0 bridgehead atoms. The Morgan fingerprint density at radius 2 is 1.50 bits per heavy atom. The van der Waals surface area contributed by atoms with Gasteiger partial charge in [0.05, 0.1) is 0 Å². The largest absolute Gasteiger partial charge is 0.486 e. The van der Waals surface area contributed by atoms with Crippen LogP contribution in [0.1, 0.15) is 51.0 Å². The van der Waals surface area contributed by atoms with Crippen molar-refractivity contribution < 1.29 is 28.3 Å². The van der Waals surface area contributed by atoms with E-state index in [4.69, 9.17) is 13.9 Å². The SMILES string of the molecule is CC(=O)c1ccc(-c2ccc(C(=O)N3CCC(C(=O)c4ccc5c(c4)OCCO5)CC3)o2)cc1. The summed E-state index contributed by atoms with van der Waals surface area (Å²) in [5.41, 5.74) is 2.04. The van der Waals surface area contributed by atoms with E-state index in [2.05, 4.69) is 0 Å². The number of fused-ring (bicyclic) bond motifs is 1. The Morgan fingerprint density at radius 1 is 0.824 bits per heavy atom. The third-order valence-electron chi connectivity index (χ3n) is 6.37. The highest BCUT2D eigenvalue weighted by atomic mass is 16.6. The predicted molar refractivity (Wildman–Crippen MR) is 125 cm³/mol. The minimum atomic E-state index is -0.183. The fourth-order valence-electron chi connectivity index (χ4n) is 4.41. The molecule has 0 unspecified atom stereocenters. The van der Waals surface area contributed by atoms with Gasteiger partial charge in [0.1, 0.15) is 19.0 Å². The van der Waals surface area contributed by atoms with Crippen molar-refractivity contribution in [1.82, 2.24) is 4.90 Å². The Morgan fingerprint density at radius 3 is 2.21 bits per heavy atom. The number of hydrogen-bond donors (Lipinski definition) is 0. The molecule has 2 aliphatic rings. The molecule has 0 aliphatic carbocycles. The molecule has 34 heavy (non-hydrogen) atoms. The molecular formula is C27H25NO6. The Labute approximate surface area is 197 Å². The lowest BCUT2D eigenvalue weighted by Gasteiger charge is -2.31. The van der Waals surface area contributed by atoms with Gasteiger partial charge in [0.15, 0.2) is 28.8 Å². The van der Waals surface area contributed by atoms with Crippen molar-refractivity contribution in [3.8, 4) is 22.8 Å². The maximum Gasteiger partial charge on any atom is 0.289 e. The fraction of sp³-hybridized carbons (Fsp3) is 0.296. The summed E-state index contributed by atoms with van der Waals surface area (Å²) in [5.74, 6) is 1.85. The van der Waals surface area contributed by atoms with Gasteiger partial charge in [0.25, 0.3) is 5.91 Å². The smallest absolute Gasteiger partial charge is 0.289 e. The zero-order valence-electron chi connectivity index (χ0n) is 18.9. The van der Waals surface area contributed by atoms with E-state index in [0.29, 0.717) is 67.5 Å². The number of ether oxygens (including phenoxy) is 2. The van der Waals surface area contributed by atoms with Crippen molar-refractivity contribution in [1.29, 1.82) is 0 Å². The van der Waals surface area contributed by atoms with Crippen LogP contribution in [0.3, 0.4) is 0 Å². The van der Waals surface area contributed by atoms with Crippen LogP contribution in [0.2, 0.25) is 0 Å². The summed E-state index contributed by atoms with van der Waals surface area (Å²) >= 11 is 0. The van der Waals surface area contributed by atoms with Gasteiger partial charge in [0, 0.05) is 35.7 Å². The summed E-state index contributed by atoms with van der Waals surface area (Å²) in [6.07, 6.45) is 1.19. The van der Waals surface area contributed by atoms with Crippen LogP contribution >= 0.6 is 0 Å². The summed E-state index contributed by atoms with van der Waals surface area (Å²) in [6, 6.07) is 15.8. The third kappa shape index (κ3) is 4.33. The number of piperidine rings is 1. The summed E-state index contributed by atoms with van der Waals surface area (Å²) in [4.78, 5) is 39.2. The minimum absolute atomic E-state index is 0.00211. The van der Waals surface area contributed by atoms with Crippen LogP contribution < -0.4 is 9.47 Å². The summed E-state index contributed by atoms with van der Waals surface area (Å²) in [6.45, 7) is 3.48. The lowest BCUT2D eigenvalue weighted by atomic mass is 9.88. The number of furan rings is 1. The molecule has 5 rings (SSSR count). The van der Waals surface area contributed by atoms with Gasteiger partial charge in [-0.1, -0.05) is 24.3 Å². The first-order valence-corrected chi connectivity index (χ1v) is 11.4. The lowest BCUT2D eigenvalue weighted by Crippen LogP contribution is -2.40. The Hall–Kier alpha value is -3.87. The topological polar surface area (TPSA) is 86.1 Å². The van der Waals surface area contributed by atoms with E-state index in [-0.39, 0.29) is 29.2 Å². The maximum atomic E-state index is 13.0. The molecule has 0 radical (unpaired) electrons. The molecule has 0 atom stereocenters. The van der Waals surface area contributed by atoms with Crippen molar-refractivity contribution >= 4 is 17.5 Å². The average Bonchev–Trinajstić information content (AvgIpc) is 3.38. The maximum absolute atomic E-state index is 13.0. The van der Waals surface area contributed by atoms with Crippen molar-refractivity contribution in [2.45, 2.75) is 19.8 Å². The highest BCUT2D eigenvalue weighted by Gasteiger charge is 2.30. The molecule has 7 heteroatoms. The second-order valence-electron chi connectivity index (χ2n) is 8.59. The molecule has 0 N–H and O–H groups in total. The van der Waals surface area contributed by atoms with Gasteiger partial charge >= 0.3 is 0 Å². The number of Topliss-reactive ketones (excluding diaryl/α,β-unsaturated/α-hetero) is 2. The van der Waals surface area contributed by atoms with Gasteiger partial charge in [0.2, 0.25) is 0 Å². The van der Waals surface area contributed by atoms with Gasteiger partial charge in [-0.15, -0.1) is 0 Å². The summed E-state index contributed by atoms with van der Waals surface area (Å²) in [7, 11) is 0. The number of ketones is 2. The van der Waals surface area contributed by atoms with Crippen LogP contribution in [-0.2, 0) is 0 Å². The molecule has 0 spiro atoms. The molecule has 1 aromatic heterocycles. The quantitative estimate of drug-likeness (QED) is 0.516. The van der Waals surface area contributed by atoms with Gasteiger partial charge < -0.3 is 18.8 Å². The Kier molecular flexibility index (Phi) is 5.92. The predicted octanol–water partition coefficient (Wildman–Crippen LogP) is 4.66. The molecule has 2 aliphatic heterocycles. The molecule has 3 aromatic rings. The first kappa shape index (κ1) is 21.9. The zero-order valence-corrected chi connectivity index (χ0v) is 18.9. The summed E-state index contributed by atoms with van der Waals surface area (Å²) in [5, 5.41) is 0. The summed E-state index contributed by atoms with van der Waals surface area (Å²) < 4.78 is 16.9. The van der Waals surface area contributed by atoms with E-state index in [9.17, 15) is 14.4 Å². The van der Waals surface area contributed by atoms with E-state index in [1.54, 1.807) is 59.5 Å². The molecule has 0 saturated carbocycles. The van der Waals surface area contributed by atoms with Crippen LogP contribution in [0.5, 0.6) is 11.5 Å². The average molecular weight is 459 g/mol. The van der Waals surface area contributed by atoms with Crippen LogP contribution in [0.4, 0.5) is 0 Å². The number of carbonyl (C=O) groups is 3. The number of nitrogens with zero attached hydrogens (tertiary/aromatic N) is 1. The lowest BCUT2D eigenvalue weighted by molar-refractivity contribution is 0.0625. The van der Waals surface area contributed by atoms with Gasteiger partial charge in [-0.05, 0) is 50.1 Å². The fourth-order valence-corrected chi connectivity index (χ4v) is 4.41. The first-order chi connectivity index (χ1) is 16.5. The van der Waals surface area contributed by atoms with E-state index in [1.807, 2.05) is 0 Å². The van der Waals surface area contributed by atoms with Crippen LogP contribution in [0, 0.1) is 5.92 Å². The van der Waals surface area contributed by atoms with E-state index in [0.717, 1.165) is 5.56 Å². The minimum Gasteiger partial charge on any atom is -0.486 e. The van der Waals surface area contributed by atoms with Crippen molar-refractivity contribution in [2.75, 3.05) is 26.3 Å². The number of hydrogen-bond acceptors (Lipinski definition) is 6. The standard InChI is InChI=1S/C27H25NO6/c1-17(29)18-2-4-19(5-3-18)22-8-9-24(34-22)27(31)28-12-10-20(11-13-28)26(30)21-6-7-23-25(16-21)33-15-14-32-23/h2-9,16,20H,10-15H2,1H3. The number of carbonyl (C=O) groups excluding carboxylic acids is 3. The Bertz CT molecular complexity index is 1230.